The van der Waals surface area contributed by atoms with Crippen LogP contribution in [0, 0.1) is 6.92 Å². The van der Waals surface area contributed by atoms with Crippen LogP contribution in [0.4, 0.5) is 0 Å². The number of hydrogen-bond donors (Lipinski definition) is 0. The Morgan fingerprint density at radius 2 is 2.15 bits per heavy atom. The third kappa shape index (κ3) is 4.85. The van der Waals surface area contributed by atoms with Crippen LogP contribution in [0.15, 0.2) is 48.0 Å². The summed E-state index contributed by atoms with van der Waals surface area (Å²) in [4.78, 5) is 35.1. The Labute approximate surface area is 206 Å². The molecule has 1 aliphatic rings. The maximum atomic E-state index is 13.3. The van der Waals surface area contributed by atoms with Gasteiger partial charge >= 0.3 is 0 Å². The lowest BCUT2D eigenvalue weighted by Gasteiger charge is -2.24. The number of fused-ring (bicyclic) bond motifs is 1. The molecule has 5 rings (SSSR count). The van der Waals surface area contributed by atoms with Crippen molar-refractivity contribution in [1.82, 2.24) is 23.5 Å². The van der Waals surface area contributed by atoms with Gasteiger partial charge in [0.15, 0.2) is 5.69 Å². The number of amides is 2. The van der Waals surface area contributed by atoms with Crippen molar-refractivity contribution in [3.05, 3.63) is 64.8 Å². The lowest BCUT2D eigenvalue weighted by atomic mass is 10.1. The zero-order valence-electron chi connectivity index (χ0n) is 18.9. The number of carbonyl (C=O) groups is 2. The van der Waals surface area contributed by atoms with Crippen LogP contribution in [0.3, 0.4) is 0 Å². The van der Waals surface area contributed by atoms with Crippen molar-refractivity contribution in [3.8, 4) is 10.6 Å². The molecule has 0 radical (unpaired) electrons. The summed E-state index contributed by atoms with van der Waals surface area (Å²) in [7, 11) is 0. The first kappa shape index (κ1) is 22.6. The minimum Gasteiger partial charge on any atom is -0.343 e. The zero-order chi connectivity index (χ0) is 23.5. The molecule has 7 nitrogen and oxygen atoms in total. The molecule has 0 saturated carbocycles. The quantitative estimate of drug-likeness (QED) is 0.354. The monoisotopic (exact) mass is 491 g/mol. The molecular weight excluding hydrogens is 466 g/mol. The number of likely N-dealkylation sites (tertiary alicyclic amines) is 1. The molecule has 4 aromatic rings. The Balaban J connectivity index is 1.46. The fraction of sp³-hybridized carbons (Fsp3) is 0.320. The van der Waals surface area contributed by atoms with Crippen LogP contribution in [0.25, 0.3) is 21.5 Å². The number of aromatic nitrogens is 3. The Hall–Kier alpha value is -3.17. The van der Waals surface area contributed by atoms with Gasteiger partial charge in [-0.1, -0.05) is 17.7 Å². The lowest BCUT2D eigenvalue weighted by molar-refractivity contribution is -0.127. The summed E-state index contributed by atoms with van der Waals surface area (Å²) in [5.74, 6) is 0.0543. The van der Waals surface area contributed by atoms with Crippen LogP contribution in [-0.4, -0.2) is 55.0 Å². The standard InChI is InChI=1S/C25H25N5O2S2/c1-17-7-8-20-18(13-17)14-19(24(27-20)22-5-3-12-33-22)16-30(25(32)21-15-26-34-28-21)11-4-10-29-9-2-6-23(29)31/h3,5,7-8,12-15H,2,4,6,9-11,16H2,1H3. The predicted octanol–water partition coefficient (Wildman–Crippen LogP) is 4.78. The predicted molar refractivity (Wildman–Crippen MR) is 135 cm³/mol. The van der Waals surface area contributed by atoms with E-state index in [9.17, 15) is 9.59 Å². The number of aryl methyl sites for hydroxylation is 1. The third-order valence-electron chi connectivity index (χ3n) is 6.06. The summed E-state index contributed by atoms with van der Waals surface area (Å²) < 4.78 is 8.19. The molecule has 1 fully saturated rings. The van der Waals surface area contributed by atoms with E-state index in [1.807, 2.05) is 27.3 Å². The van der Waals surface area contributed by atoms with Gasteiger partial charge in [0.05, 0.1) is 34.0 Å². The fourth-order valence-electron chi connectivity index (χ4n) is 4.36. The molecule has 4 heterocycles. The van der Waals surface area contributed by atoms with Gasteiger partial charge in [-0.15, -0.1) is 11.3 Å². The molecule has 0 unspecified atom stereocenters. The molecule has 1 aliphatic heterocycles. The Morgan fingerprint density at radius 1 is 1.24 bits per heavy atom. The maximum absolute atomic E-state index is 13.3. The molecule has 0 N–H and O–H groups in total. The molecule has 2 amide bonds. The second kappa shape index (κ2) is 9.99. The van der Waals surface area contributed by atoms with Gasteiger partial charge in [-0.2, -0.15) is 8.75 Å². The Kier molecular flexibility index (Phi) is 6.64. The summed E-state index contributed by atoms with van der Waals surface area (Å²) in [6, 6.07) is 12.5. The highest BCUT2D eigenvalue weighted by Gasteiger charge is 2.23. The van der Waals surface area contributed by atoms with Gasteiger partial charge in [0.1, 0.15) is 0 Å². The van der Waals surface area contributed by atoms with Gasteiger partial charge < -0.3 is 9.80 Å². The second-order valence-electron chi connectivity index (χ2n) is 8.53. The van der Waals surface area contributed by atoms with E-state index in [0.29, 0.717) is 38.2 Å². The van der Waals surface area contributed by atoms with Crippen molar-refractivity contribution < 1.29 is 9.59 Å². The molecular formula is C25H25N5O2S2. The Bertz CT molecular complexity index is 1300. The molecule has 3 aromatic heterocycles. The summed E-state index contributed by atoms with van der Waals surface area (Å²) in [5, 5.41) is 3.09. The van der Waals surface area contributed by atoms with Crippen molar-refractivity contribution >= 4 is 45.8 Å². The third-order valence-corrected chi connectivity index (χ3v) is 7.41. The van der Waals surface area contributed by atoms with Crippen LogP contribution in [0.5, 0.6) is 0 Å². The summed E-state index contributed by atoms with van der Waals surface area (Å²) in [5.41, 5.74) is 4.35. The number of benzene rings is 1. The van der Waals surface area contributed by atoms with E-state index in [1.54, 1.807) is 11.3 Å². The maximum Gasteiger partial charge on any atom is 0.275 e. The van der Waals surface area contributed by atoms with Gasteiger partial charge in [-0.3, -0.25) is 9.59 Å². The van der Waals surface area contributed by atoms with Crippen LogP contribution in [-0.2, 0) is 11.3 Å². The van der Waals surface area contributed by atoms with Crippen LogP contribution >= 0.6 is 23.1 Å². The van der Waals surface area contributed by atoms with Crippen molar-refractivity contribution in [1.29, 1.82) is 0 Å². The van der Waals surface area contributed by atoms with Crippen LogP contribution in [0.1, 0.15) is 40.9 Å². The van der Waals surface area contributed by atoms with E-state index in [-0.39, 0.29) is 11.8 Å². The first-order valence-electron chi connectivity index (χ1n) is 11.4. The molecule has 174 valence electrons. The molecule has 0 aliphatic carbocycles. The van der Waals surface area contributed by atoms with Crippen molar-refractivity contribution in [2.24, 2.45) is 0 Å². The second-order valence-corrected chi connectivity index (χ2v) is 10.0. The van der Waals surface area contributed by atoms with E-state index in [4.69, 9.17) is 4.98 Å². The van der Waals surface area contributed by atoms with E-state index in [1.165, 1.54) is 11.8 Å². The Morgan fingerprint density at radius 3 is 2.88 bits per heavy atom. The minimum atomic E-state index is -0.150. The number of hydrogen-bond acceptors (Lipinski definition) is 7. The topological polar surface area (TPSA) is 79.3 Å². The van der Waals surface area contributed by atoms with Crippen LogP contribution in [0.2, 0.25) is 0 Å². The van der Waals surface area contributed by atoms with Gasteiger partial charge in [-0.25, -0.2) is 4.98 Å². The molecule has 1 saturated heterocycles. The number of nitrogens with zero attached hydrogens (tertiary/aromatic N) is 5. The largest absolute Gasteiger partial charge is 0.343 e. The van der Waals surface area contributed by atoms with Crippen LogP contribution < -0.4 is 0 Å². The number of rotatable bonds is 8. The van der Waals surface area contributed by atoms with Gasteiger partial charge in [-0.05, 0) is 55.0 Å². The first-order valence-corrected chi connectivity index (χ1v) is 13.0. The van der Waals surface area contributed by atoms with Crippen molar-refractivity contribution in [3.63, 3.8) is 0 Å². The molecule has 1 aromatic carbocycles. The van der Waals surface area contributed by atoms with E-state index < -0.39 is 0 Å². The average Bonchev–Trinajstić information content (AvgIpc) is 3.61. The molecule has 0 atom stereocenters. The molecule has 9 heteroatoms. The number of carbonyl (C=O) groups excluding carboxylic acids is 2. The summed E-state index contributed by atoms with van der Waals surface area (Å²) >= 11 is 2.67. The minimum absolute atomic E-state index is 0.150. The van der Waals surface area contributed by atoms with Gasteiger partial charge in [0.25, 0.3) is 5.91 Å². The van der Waals surface area contributed by atoms with Crippen molar-refractivity contribution in [2.45, 2.75) is 32.7 Å². The van der Waals surface area contributed by atoms with Crippen molar-refractivity contribution in [2.75, 3.05) is 19.6 Å². The molecule has 34 heavy (non-hydrogen) atoms. The molecule has 0 bridgehead atoms. The lowest BCUT2D eigenvalue weighted by Crippen LogP contribution is -2.34. The highest BCUT2D eigenvalue weighted by Crippen LogP contribution is 2.30. The smallest absolute Gasteiger partial charge is 0.275 e. The normalized spacial score (nSPS) is 13.7. The van der Waals surface area contributed by atoms with Gasteiger partial charge in [0.2, 0.25) is 5.91 Å². The first-order chi connectivity index (χ1) is 16.6. The SMILES string of the molecule is Cc1ccc2nc(-c3cccs3)c(CN(CCCN3CCCC3=O)C(=O)c3cnsn3)cc2c1. The van der Waals surface area contributed by atoms with E-state index in [2.05, 4.69) is 39.9 Å². The number of pyridine rings is 1. The van der Waals surface area contributed by atoms with E-state index in [0.717, 1.165) is 51.7 Å². The fourth-order valence-corrected chi connectivity index (χ4v) is 5.52. The zero-order valence-corrected chi connectivity index (χ0v) is 20.6. The van der Waals surface area contributed by atoms with E-state index >= 15 is 0 Å². The highest BCUT2D eigenvalue weighted by atomic mass is 32.1. The average molecular weight is 492 g/mol. The number of thiophene rings is 1. The summed E-state index contributed by atoms with van der Waals surface area (Å²) in [6.45, 7) is 4.46. The highest BCUT2D eigenvalue weighted by molar-refractivity contribution is 7.13. The van der Waals surface area contributed by atoms with Gasteiger partial charge in [0, 0.05) is 38.0 Å². The molecule has 0 spiro atoms. The summed E-state index contributed by atoms with van der Waals surface area (Å²) in [6.07, 6.45) is 3.77.